The Morgan fingerprint density at radius 3 is 2.76 bits per heavy atom. The molecular weight excluding hydrogens is 222 g/mol. The number of hydrogen-bond acceptors (Lipinski definition) is 5. The molecule has 0 saturated carbocycles. The maximum atomic E-state index is 11.5. The van der Waals surface area contributed by atoms with Crippen LogP contribution in [0.25, 0.3) is 0 Å². The number of ether oxygens (including phenoxy) is 2. The number of carbonyl (C=O) groups excluding carboxylic acids is 1. The monoisotopic (exact) mass is 239 g/mol. The summed E-state index contributed by atoms with van der Waals surface area (Å²) in [6.07, 6.45) is 0.238. The molecule has 2 rings (SSSR count). The van der Waals surface area contributed by atoms with Crippen LogP contribution in [0.1, 0.15) is 6.42 Å². The minimum atomic E-state index is -0.365. The van der Waals surface area contributed by atoms with Gasteiger partial charge in [-0.1, -0.05) is 0 Å². The van der Waals surface area contributed by atoms with E-state index in [1.807, 2.05) is 0 Å². The molecule has 0 aromatic heterocycles. The fourth-order valence-electron chi connectivity index (χ4n) is 2.08. The Bertz CT molecular complexity index is 310. The van der Waals surface area contributed by atoms with Crippen molar-refractivity contribution in [3.63, 3.8) is 0 Å². The summed E-state index contributed by atoms with van der Waals surface area (Å²) in [7, 11) is 0. The van der Waals surface area contributed by atoms with Gasteiger partial charge in [0.1, 0.15) is 6.04 Å². The van der Waals surface area contributed by atoms with E-state index in [4.69, 9.17) is 14.7 Å². The van der Waals surface area contributed by atoms with Crippen LogP contribution in [-0.4, -0.2) is 67.9 Å². The first kappa shape index (κ1) is 12.1. The van der Waals surface area contributed by atoms with Gasteiger partial charge >= 0.3 is 6.09 Å². The first-order chi connectivity index (χ1) is 8.31. The molecule has 0 bridgehead atoms. The van der Waals surface area contributed by atoms with Gasteiger partial charge in [0.2, 0.25) is 0 Å². The van der Waals surface area contributed by atoms with Crippen LogP contribution in [0.3, 0.4) is 0 Å². The Morgan fingerprint density at radius 1 is 1.29 bits per heavy atom. The van der Waals surface area contributed by atoms with Crippen molar-refractivity contribution in [2.45, 2.75) is 12.5 Å². The van der Waals surface area contributed by atoms with E-state index in [1.54, 1.807) is 0 Å². The fraction of sp³-hybridized carbons (Fsp3) is 0.818. The lowest BCUT2D eigenvalue weighted by atomic mass is 10.2. The molecule has 17 heavy (non-hydrogen) atoms. The molecule has 0 aromatic rings. The lowest BCUT2D eigenvalue weighted by Crippen LogP contribution is -2.49. The molecule has 0 aromatic carbocycles. The van der Waals surface area contributed by atoms with Crippen LogP contribution in [0.2, 0.25) is 0 Å². The molecule has 2 aliphatic heterocycles. The summed E-state index contributed by atoms with van der Waals surface area (Å²) in [5, 5.41) is 8.98. The highest BCUT2D eigenvalue weighted by atomic mass is 16.6. The molecule has 1 amide bonds. The van der Waals surface area contributed by atoms with Crippen LogP contribution >= 0.6 is 0 Å². The van der Waals surface area contributed by atoms with Crippen molar-refractivity contribution < 1.29 is 14.3 Å². The van der Waals surface area contributed by atoms with E-state index in [-0.39, 0.29) is 12.1 Å². The van der Waals surface area contributed by atoms with Gasteiger partial charge < -0.3 is 9.47 Å². The van der Waals surface area contributed by atoms with Crippen LogP contribution in [0.15, 0.2) is 0 Å². The summed E-state index contributed by atoms with van der Waals surface area (Å²) < 4.78 is 10.2. The van der Waals surface area contributed by atoms with Gasteiger partial charge in [-0.15, -0.1) is 0 Å². The van der Waals surface area contributed by atoms with E-state index >= 15 is 0 Å². The van der Waals surface area contributed by atoms with Crippen molar-refractivity contribution in [2.75, 3.05) is 46.0 Å². The average Bonchev–Trinajstić information content (AvgIpc) is 2.38. The largest absolute Gasteiger partial charge is 0.449 e. The molecule has 6 nitrogen and oxygen atoms in total. The Kier molecular flexibility index (Phi) is 4.18. The van der Waals surface area contributed by atoms with E-state index in [1.165, 1.54) is 4.90 Å². The zero-order valence-corrected chi connectivity index (χ0v) is 9.80. The number of carbonyl (C=O) groups is 1. The average molecular weight is 239 g/mol. The molecular formula is C11H17N3O3. The summed E-state index contributed by atoms with van der Waals surface area (Å²) in [5.74, 6) is 0. The highest BCUT2D eigenvalue weighted by Crippen LogP contribution is 2.12. The highest BCUT2D eigenvalue weighted by Gasteiger charge is 2.29. The van der Waals surface area contributed by atoms with Gasteiger partial charge in [0.15, 0.2) is 0 Å². The quantitative estimate of drug-likeness (QED) is 0.696. The molecule has 1 atom stereocenters. The van der Waals surface area contributed by atoms with Crippen LogP contribution in [-0.2, 0) is 9.47 Å². The van der Waals surface area contributed by atoms with Gasteiger partial charge in [0, 0.05) is 32.6 Å². The van der Waals surface area contributed by atoms with Crippen LogP contribution in [0, 0.1) is 11.3 Å². The zero-order valence-electron chi connectivity index (χ0n) is 9.80. The number of rotatable bonds is 3. The third kappa shape index (κ3) is 3.08. The summed E-state index contributed by atoms with van der Waals surface area (Å²) in [6.45, 7) is 4.94. The minimum absolute atomic E-state index is 0.336. The molecule has 6 heteroatoms. The minimum Gasteiger partial charge on any atom is -0.449 e. The molecule has 1 unspecified atom stereocenters. The van der Waals surface area contributed by atoms with E-state index < -0.39 is 0 Å². The Hall–Kier alpha value is -1.32. The lowest BCUT2D eigenvalue weighted by Gasteiger charge is -2.33. The van der Waals surface area contributed by atoms with Crippen molar-refractivity contribution in [1.29, 1.82) is 5.26 Å². The third-order valence-corrected chi connectivity index (χ3v) is 3.14. The van der Waals surface area contributed by atoms with Gasteiger partial charge in [0.05, 0.1) is 25.9 Å². The van der Waals surface area contributed by atoms with E-state index in [0.29, 0.717) is 19.6 Å². The molecule has 0 N–H and O–H groups in total. The van der Waals surface area contributed by atoms with Gasteiger partial charge in [-0.05, 0) is 0 Å². The van der Waals surface area contributed by atoms with Gasteiger partial charge in [-0.3, -0.25) is 9.80 Å². The maximum Gasteiger partial charge on any atom is 0.410 e. The smallest absolute Gasteiger partial charge is 0.410 e. The van der Waals surface area contributed by atoms with Crippen molar-refractivity contribution >= 4 is 6.09 Å². The fourth-order valence-corrected chi connectivity index (χ4v) is 2.08. The molecule has 94 valence electrons. The van der Waals surface area contributed by atoms with Gasteiger partial charge in [-0.25, -0.2) is 4.79 Å². The maximum absolute atomic E-state index is 11.5. The zero-order chi connectivity index (χ0) is 12.1. The number of amides is 1. The molecule has 2 saturated heterocycles. The van der Waals surface area contributed by atoms with Gasteiger partial charge in [0.25, 0.3) is 0 Å². The number of morpholine rings is 1. The van der Waals surface area contributed by atoms with E-state index in [2.05, 4.69) is 11.0 Å². The Labute approximate surface area is 101 Å². The molecule has 2 aliphatic rings. The number of nitrogens with zero attached hydrogens (tertiary/aromatic N) is 3. The first-order valence-corrected chi connectivity index (χ1v) is 5.94. The number of nitriles is 1. The topological polar surface area (TPSA) is 65.8 Å². The summed E-state index contributed by atoms with van der Waals surface area (Å²) in [5.41, 5.74) is 0. The number of cyclic esters (lactones) is 1. The highest BCUT2D eigenvalue weighted by molar-refractivity contribution is 5.69. The third-order valence-electron chi connectivity index (χ3n) is 3.14. The Balaban J connectivity index is 1.83. The second-order valence-electron chi connectivity index (χ2n) is 4.20. The van der Waals surface area contributed by atoms with Crippen LogP contribution in [0.5, 0.6) is 0 Å². The molecule has 2 heterocycles. The van der Waals surface area contributed by atoms with Crippen molar-refractivity contribution in [3.05, 3.63) is 0 Å². The molecule has 0 spiro atoms. The van der Waals surface area contributed by atoms with Gasteiger partial charge in [-0.2, -0.15) is 5.26 Å². The number of hydrogen-bond donors (Lipinski definition) is 0. The van der Waals surface area contributed by atoms with Crippen molar-refractivity contribution in [2.24, 2.45) is 0 Å². The molecule has 2 fully saturated rings. The van der Waals surface area contributed by atoms with E-state index in [0.717, 1.165) is 32.8 Å². The molecule has 0 aliphatic carbocycles. The predicted octanol–water partition coefficient (Wildman–Crippen LogP) is 0.0531. The summed E-state index contributed by atoms with van der Waals surface area (Å²) >= 11 is 0. The first-order valence-electron chi connectivity index (χ1n) is 5.94. The second-order valence-corrected chi connectivity index (χ2v) is 4.20. The molecule has 0 radical (unpaired) electrons. The standard InChI is InChI=1S/C11H17N3O3/c12-9-10-1-6-17-11(15)14(10)3-2-13-4-7-16-8-5-13/h10H,1-8H2. The summed E-state index contributed by atoms with van der Waals surface area (Å²) in [6, 6.07) is 1.82. The van der Waals surface area contributed by atoms with E-state index in [9.17, 15) is 4.79 Å². The van der Waals surface area contributed by atoms with Crippen LogP contribution in [0.4, 0.5) is 4.79 Å². The predicted molar refractivity (Wildman–Crippen MR) is 59.3 cm³/mol. The SMILES string of the molecule is N#CC1CCOC(=O)N1CCN1CCOCC1. The van der Waals surface area contributed by atoms with Crippen molar-refractivity contribution in [3.8, 4) is 6.07 Å². The normalized spacial score (nSPS) is 26.4. The second kappa shape index (κ2) is 5.84. The lowest BCUT2D eigenvalue weighted by molar-refractivity contribution is 0.0231. The Morgan fingerprint density at radius 2 is 2.06 bits per heavy atom. The summed E-state index contributed by atoms with van der Waals surface area (Å²) in [4.78, 5) is 15.3. The van der Waals surface area contributed by atoms with Crippen molar-refractivity contribution in [1.82, 2.24) is 9.80 Å². The van der Waals surface area contributed by atoms with Crippen LogP contribution < -0.4 is 0 Å².